The fourth-order valence-electron chi connectivity index (χ4n) is 2.59. The summed E-state index contributed by atoms with van der Waals surface area (Å²) in [6.07, 6.45) is -4.15. The lowest BCUT2D eigenvalue weighted by molar-refractivity contribution is -0.137. The number of pyridine rings is 1. The van der Waals surface area contributed by atoms with E-state index in [1.807, 2.05) is 0 Å². The number of benzene rings is 1. The smallest absolute Gasteiger partial charge is 0.417 e. The van der Waals surface area contributed by atoms with Crippen molar-refractivity contribution in [3.8, 4) is 5.88 Å². The summed E-state index contributed by atoms with van der Waals surface area (Å²) in [6.45, 7) is 0.466. The van der Waals surface area contributed by atoms with Gasteiger partial charge in [-0.3, -0.25) is 4.79 Å². The first-order valence-electron chi connectivity index (χ1n) is 7.96. The van der Waals surface area contributed by atoms with Crippen LogP contribution in [0.25, 0.3) is 0 Å². The number of methoxy groups -OCH3 is 1. The summed E-state index contributed by atoms with van der Waals surface area (Å²) in [7, 11) is 1.23. The molecule has 1 amide bonds. The van der Waals surface area contributed by atoms with Crippen LogP contribution >= 0.6 is 0 Å². The van der Waals surface area contributed by atoms with Crippen LogP contribution in [0.2, 0.25) is 0 Å². The number of hydrogen-bond acceptors (Lipinski definition) is 5. The molecular weight excluding hydrogens is 365 g/mol. The topological polar surface area (TPSA) is 68.7 Å². The van der Waals surface area contributed by atoms with Gasteiger partial charge in [-0.1, -0.05) is 12.1 Å². The number of rotatable bonds is 4. The highest BCUT2D eigenvalue weighted by atomic mass is 19.4. The van der Waals surface area contributed by atoms with Gasteiger partial charge in [-0.15, -0.1) is 0 Å². The Hall–Kier alpha value is -3.10. The van der Waals surface area contributed by atoms with Gasteiger partial charge in [0.15, 0.2) is 0 Å². The Kier molecular flexibility index (Phi) is 5.02. The van der Waals surface area contributed by atoms with Gasteiger partial charge in [0.1, 0.15) is 6.10 Å². The molecule has 142 valence electrons. The fraction of sp³-hybridized carbons (Fsp3) is 0.278. The average molecular weight is 380 g/mol. The van der Waals surface area contributed by atoms with Crippen LogP contribution < -0.4 is 4.74 Å². The van der Waals surface area contributed by atoms with Crippen LogP contribution in [0, 0.1) is 0 Å². The van der Waals surface area contributed by atoms with E-state index in [0.717, 1.165) is 12.1 Å². The Balaban J connectivity index is 1.60. The van der Waals surface area contributed by atoms with E-state index in [1.165, 1.54) is 24.1 Å². The summed E-state index contributed by atoms with van der Waals surface area (Å²) in [5.41, 5.74) is -0.478. The first-order chi connectivity index (χ1) is 12.8. The Morgan fingerprint density at radius 2 is 1.78 bits per heavy atom. The van der Waals surface area contributed by atoms with Gasteiger partial charge in [0.05, 0.1) is 36.9 Å². The maximum atomic E-state index is 12.5. The van der Waals surface area contributed by atoms with Crippen LogP contribution in [0.4, 0.5) is 13.2 Å². The van der Waals surface area contributed by atoms with Crippen molar-refractivity contribution in [3.63, 3.8) is 0 Å². The van der Waals surface area contributed by atoms with Gasteiger partial charge < -0.3 is 14.4 Å². The number of carbonyl (C=O) groups excluding carboxylic acids is 2. The molecule has 2 aromatic rings. The van der Waals surface area contributed by atoms with Crippen molar-refractivity contribution in [3.05, 3.63) is 59.3 Å². The SMILES string of the molecule is COC(=O)c1ccccc1C(=O)N1CC(Oc2ccc(C(F)(F)F)cn2)C1. The molecule has 9 heteroatoms. The summed E-state index contributed by atoms with van der Waals surface area (Å²) >= 11 is 0. The summed E-state index contributed by atoms with van der Waals surface area (Å²) < 4.78 is 47.7. The quantitative estimate of drug-likeness (QED) is 0.763. The van der Waals surface area contributed by atoms with Gasteiger partial charge >= 0.3 is 12.1 Å². The molecule has 1 aliphatic rings. The second kappa shape index (κ2) is 7.26. The maximum absolute atomic E-state index is 12.5. The predicted molar refractivity (Wildman–Crippen MR) is 87.3 cm³/mol. The van der Waals surface area contributed by atoms with Crippen molar-refractivity contribution in [1.29, 1.82) is 0 Å². The van der Waals surface area contributed by atoms with E-state index in [9.17, 15) is 22.8 Å². The van der Waals surface area contributed by atoms with Crippen molar-refractivity contribution in [2.75, 3.05) is 20.2 Å². The maximum Gasteiger partial charge on any atom is 0.417 e. The zero-order valence-corrected chi connectivity index (χ0v) is 14.2. The molecule has 0 spiro atoms. The molecule has 0 atom stereocenters. The lowest BCUT2D eigenvalue weighted by atomic mass is 10.0. The molecule has 1 aliphatic heterocycles. The van der Waals surface area contributed by atoms with Crippen molar-refractivity contribution < 1.29 is 32.2 Å². The monoisotopic (exact) mass is 380 g/mol. The Morgan fingerprint density at radius 3 is 2.33 bits per heavy atom. The molecule has 1 saturated heterocycles. The number of hydrogen-bond donors (Lipinski definition) is 0. The molecule has 0 saturated carbocycles. The molecule has 1 fully saturated rings. The van der Waals surface area contributed by atoms with Gasteiger partial charge in [-0.05, 0) is 18.2 Å². The first kappa shape index (κ1) is 18.7. The standard InChI is InChI=1S/C18H15F3N2O4/c1-26-17(25)14-5-3-2-4-13(14)16(24)23-9-12(10-23)27-15-7-6-11(8-22-15)18(19,20)21/h2-8,12H,9-10H2,1H3. The molecule has 0 N–H and O–H groups in total. The highest BCUT2D eigenvalue weighted by Crippen LogP contribution is 2.29. The van der Waals surface area contributed by atoms with E-state index in [1.54, 1.807) is 12.1 Å². The number of alkyl halides is 3. The second-order valence-electron chi connectivity index (χ2n) is 5.87. The number of halogens is 3. The van der Waals surface area contributed by atoms with Crippen LogP contribution in [-0.2, 0) is 10.9 Å². The minimum atomic E-state index is -4.46. The molecule has 2 heterocycles. The molecule has 27 heavy (non-hydrogen) atoms. The van der Waals surface area contributed by atoms with Crippen LogP contribution in [0.3, 0.4) is 0 Å². The first-order valence-corrected chi connectivity index (χ1v) is 7.96. The Morgan fingerprint density at radius 1 is 1.11 bits per heavy atom. The Labute approximate surface area is 152 Å². The van der Waals surface area contributed by atoms with E-state index in [2.05, 4.69) is 9.72 Å². The molecule has 0 radical (unpaired) electrons. The molecule has 3 rings (SSSR count). The van der Waals surface area contributed by atoms with Crippen LogP contribution in [0.1, 0.15) is 26.3 Å². The minimum Gasteiger partial charge on any atom is -0.471 e. The summed E-state index contributed by atoms with van der Waals surface area (Å²) in [5, 5.41) is 0. The zero-order chi connectivity index (χ0) is 19.6. The van der Waals surface area contributed by atoms with Gasteiger partial charge in [-0.2, -0.15) is 13.2 Å². The number of nitrogens with zero attached hydrogens (tertiary/aromatic N) is 2. The summed E-state index contributed by atoms with van der Waals surface area (Å²) in [4.78, 5) is 29.4. The third kappa shape index (κ3) is 4.02. The van der Waals surface area contributed by atoms with E-state index in [4.69, 9.17) is 4.74 Å². The van der Waals surface area contributed by atoms with Crippen molar-refractivity contribution in [1.82, 2.24) is 9.88 Å². The van der Waals surface area contributed by atoms with Gasteiger partial charge in [0.2, 0.25) is 5.88 Å². The fourth-order valence-corrected chi connectivity index (χ4v) is 2.59. The largest absolute Gasteiger partial charge is 0.471 e. The highest BCUT2D eigenvalue weighted by molar-refractivity contribution is 6.05. The van der Waals surface area contributed by atoms with Gasteiger partial charge in [-0.25, -0.2) is 9.78 Å². The molecule has 6 nitrogen and oxygen atoms in total. The van der Waals surface area contributed by atoms with Crippen molar-refractivity contribution in [2.45, 2.75) is 12.3 Å². The third-order valence-corrected chi connectivity index (χ3v) is 4.05. The molecule has 0 unspecified atom stereocenters. The third-order valence-electron chi connectivity index (χ3n) is 4.05. The Bertz CT molecular complexity index is 846. The highest BCUT2D eigenvalue weighted by Gasteiger charge is 2.35. The average Bonchev–Trinajstić information content (AvgIpc) is 2.63. The molecular formula is C18H15F3N2O4. The summed E-state index contributed by atoms with van der Waals surface area (Å²) in [6, 6.07) is 8.32. The molecule has 1 aromatic heterocycles. The molecule has 0 aliphatic carbocycles. The number of likely N-dealkylation sites (tertiary alicyclic amines) is 1. The lowest BCUT2D eigenvalue weighted by Gasteiger charge is -2.38. The molecule has 1 aromatic carbocycles. The second-order valence-corrected chi connectivity index (χ2v) is 5.87. The van der Waals surface area contributed by atoms with Gasteiger partial charge in [0, 0.05) is 12.3 Å². The minimum absolute atomic E-state index is 0.0510. The normalized spacial score (nSPS) is 14.4. The number of carbonyl (C=O) groups is 2. The van der Waals surface area contributed by atoms with Crippen molar-refractivity contribution in [2.24, 2.45) is 0 Å². The van der Waals surface area contributed by atoms with Crippen molar-refractivity contribution >= 4 is 11.9 Å². The van der Waals surface area contributed by atoms with E-state index < -0.39 is 17.7 Å². The van der Waals surface area contributed by atoms with Crippen LogP contribution in [0.15, 0.2) is 42.6 Å². The van der Waals surface area contributed by atoms with Crippen LogP contribution in [-0.4, -0.2) is 48.1 Å². The zero-order valence-electron chi connectivity index (χ0n) is 14.2. The predicted octanol–water partition coefficient (Wildman–Crippen LogP) is 2.79. The van der Waals surface area contributed by atoms with Gasteiger partial charge in [0.25, 0.3) is 5.91 Å². The number of amides is 1. The molecule has 0 bridgehead atoms. The lowest BCUT2D eigenvalue weighted by Crippen LogP contribution is -2.56. The number of aromatic nitrogens is 1. The van der Waals surface area contributed by atoms with E-state index >= 15 is 0 Å². The van der Waals surface area contributed by atoms with E-state index in [-0.39, 0.29) is 42.1 Å². The number of ether oxygens (including phenoxy) is 2. The van der Waals surface area contributed by atoms with Crippen LogP contribution in [0.5, 0.6) is 5.88 Å². The number of esters is 1. The summed E-state index contributed by atoms with van der Waals surface area (Å²) in [5.74, 6) is -0.910. The van der Waals surface area contributed by atoms with E-state index in [0.29, 0.717) is 6.20 Å².